The normalized spacial score (nSPS) is 11.5. The fraction of sp³-hybridized carbons (Fsp3) is 0.263. The number of para-hydroxylation sites is 1. The van der Waals surface area contributed by atoms with E-state index in [1.54, 1.807) is 31.2 Å². The van der Waals surface area contributed by atoms with Crippen LogP contribution < -0.4 is 16.0 Å². The van der Waals surface area contributed by atoms with Crippen molar-refractivity contribution >= 4 is 28.9 Å². The third-order valence-electron chi connectivity index (χ3n) is 3.62. The number of nitrogens with one attached hydrogen (secondary N) is 3. The Kier molecular flexibility index (Phi) is 6.54. The van der Waals surface area contributed by atoms with Gasteiger partial charge in [-0.1, -0.05) is 18.2 Å². The summed E-state index contributed by atoms with van der Waals surface area (Å²) in [6, 6.07) is 14.4. The number of amides is 2. The van der Waals surface area contributed by atoms with E-state index in [1.807, 2.05) is 31.2 Å². The standard InChI is InChI=1S/C19H23N3O3/c1-13-6-4-5-7-17(13)22-19(24)14(2)20-15-8-10-16(11-9-15)21-18(23)12-25-3/h4-11,14,20H,12H2,1-3H3,(H,21,23)(H,22,24). The molecule has 0 heterocycles. The number of ether oxygens (including phenoxy) is 1. The second kappa shape index (κ2) is 8.84. The first-order valence-electron chi connectivity index (χ1n) is 8.01. The molecule has 0 fully saturated rings. The molecule has 0 bridgehead atoms. The van der Waals surface area contributed by atoms with Crippen LogP contribution in [-0.4, -0.2) is 31.6 Å². The van der Waals surface area contributed by atoms with Gasteiger partial charge in [-0.25, -0.2) is 0 Å². The lowest BCUT2D eigenvalue weighted by molar-refractivity contribution is -0.119. The number of hydrogen-bond donors (Lipinski definition) is 3. The maximum Gasteiger partial charge on any atom is 0.250 e. The van der Waals surface area contributed by atoms with Gasteiger partial charge in [0.2, 0.25) is 11.8 Å². The minimum atomic E-state index is -0.409. The van der Waals surface area contributed by atoms with E-state index in [1.165, 1.54) is 7.11 Å². The van der Waals surface area contributed by atoms with Gasteiger partial charge < -0.3 is 20.7 Å². The van der Waals surface area contributed by atoms with Crippen molar-refractivity contribution in [1.82, 2.24) is 0 Å². The molecule has 6 heteroatoms. The molecule has 0 aromatic heterocycles. The maximum atomic E-state index is 12.3. The molecule has 0 saturated heterocycles. The molecule has 0 saturated carbocycles. The lowest BCUT2D eigenvalue weighted by Crippen LogP contribution is -2.32. The van der Waals surface area contributed by atoms with Gasteiger partial charge in [-0.15, -0.1) is 0 Å². The van der Waals surface area contributed by atoms with Crippen molar-refractivity contribution in [2.24, 2.45) is 0 Å². The summed E-state index contributed by atoms with van der Waals surface area (Å²) in [7, 11) is 1.47. The summed E-state index contributed by atoms with van der Waals surface area (Å²) in [5, 5.41) is 8.76. The van der Waals surface area contributed by atoms with Crippen LogP contribution in [0.4, 0.5) is 17.1 Å². The van der Waals surface area contributed by atoms with Crippen LogP contribution in [0.25, 0.3) is 0 Å². The van der Waals surface area contributed by atoms with Crippen LogP contribution in [-0.2, 0) is 14.3 Å². The molecular weight excluding hydrogens is 318 g/mol. The Hall–Kier alpha value is -2.86. The Morgan fingerprint density at radius 3 is 2.28 bits per heavy atom. The second-order valence-electron chi connectivity index (χ2n) is 5.73. The zero-order chi connectivity index (χ0) is 18.2. The number of benzene rings is 2. The fourth-order valence-corrected chi connectivity index (χ4v) is 2.25. The highest BCUT2D eigenvalue weighted by Crippen LogP contribution is 2.16. The maximum absolute atomic E-state index is 12.3. The minimum Gasteiger partial charge on any atom is -0.375 e. The highest BCUT2D eigenvalue weighted by molar-refractivity contribution is 5.97. The van der Waals surface area contributed by atoms with Gasteiger partial charge in [0, 0.05) is 24.2 Å². The van der Waals surface area contributed by atoms with E-state index in [4.69, 9.17) is 4.74 Å². The van der Waals surface area contributed by atoms with Crippen LogP contribution in [0.5, 0.6) is 0 Å². The average Bonchev–Trinajstić information content (AvgIpc) is 2.59. The van der Waals surface area contributed by atoms with Crippen molar-refractivity contribution < 1.29 is 14.3 Å². The molecule has 0 radical (unpaired) electrons. The molecule has 0 aliphatic heterocycles. The van der Waals surface area contributed by atoms with E-state index in [2.05, 4.69) is 16.0 Å². The molecule has 0 spiro atoms. The van der Waals surface area contributed by atoms with E-state index in [9.17, 15) is 9.59 Å². The SMILES string of the molecule is COCC(=O)Nc1ccc(NC(C)C(=O)Nc2ccccc2C)cc1. The predicted molar refractivity (Wildman–Crippen MR) is 99.8 cm³/mol. The quantitative estimate of drug-likeness (QED) is 0.723. The van der Waals surface area contributed by atoms with Crippen molar-refractivity contribution in [2.75, 3.05) is 29.7 Å². The highest BCUT2D eigenvalue weighted by atomic mass is 16.5. The molecule has 0 aliphatic rings. The summed E-state index contributed by atoms with van der Waals surface area (Å²) < 4.78 is 4.77. The number of hydrogen-bond acceptors (Lipinski definition) is 4. The largest absolute Gasteiger partial charge is 0.375 e. The summed E-state index contributed by atoms with van der Waals surface area (Å²) in [5.74, 6) is -0.332. The lowest BCUT2D eigenvalue weighted by Gasteiger charge is -2.16. The lowest BCUT2D eigenvalue weighted by atomic mass is 10.2. The number of aryl methyl sites for hydroxylation is 1. The van der Waals surface area contributed by atoms with E-state index in [0.29, 0.717) is 5.69 Å². The summed E-state index contributed by atoms with van der Waals surface area (Å²) in [6.07, 6.45) is 0. The van der Waals surface area contributed by atoms with Crippen LogP contribution in [0.2, 0.25) is 0 Å². The first kappa shape index (κ1) is 18.5. The Morgan fingerprint density at radius 1 is 1.00 bits per heavy atom. The van der Waals surface area contributed by atoms with Crippen LogP contribution in [0.1, 0.15) is 12.5 Å². The molecule has 2 amide bonds. The summed E-state index contributed by atoms with van der Waals surface area (Å²) in [6.45, 7) is 3.75. The predicted octanol–water partition coefficient (Wildman–Crippen LogP) is 3.02. The highest BCUT2D eigenvalue weighted by Gasteiger charge is 2.13. The topological polar surface area (TPSA) is 79.5 Å². The van der Waals surface area contributed by atoms with Crippen molar-refractivity contribution in [1.29, 1.82) is 0 Å². The van der Waals surface area contributed by atoms with Crippen molar-refractivity contribution in [3.8, 4) is 0 Å². The molecule has 2 aromatic carbocycles. The van der Waals surface area contributed by atoms with Gasteiger partial charge in [0.15, 0.2) is 0 Å². The van der Waals surface area contributed by atoms with Gasteiger partial charge in [0.05, 0.1) is 0 Å². The summed E-state index contributed by atoms with van der Waals surface area (Å²) in [4.78, 5) is 23.8. The van der Waals surface area contributed by atoms with E-state index in [-0.39, 0.29) is 18.4 Å². The fourth-order valence-electron chi connectivity index (χ4n) is 2.25. The molecule has 1 unspecified atom stereocenters. The van der Waals surface area contributed by atoms with Crippen molar-refractivity contribution in [3.05, 3.63) is 54.1 Å². The van der Waals surface area contributed by atoms with Crippen LogP contribution in [0.15, 0.2) is 48.5 Å². The first-order valence-corrected chi connectivity index (χ1v) is 8.01. The molecule has 3 N–H and O–H groups in total. The van der Waals surface area contributed by atoms with Gasteiger partial charge in [-0.3, -0.25) is 9.59 Å². The van der Waals surface area contributed by atoms with E-state index >= 15 is 0 Å². The summed E-state index contributed by atoms with van der Waals surface area (Å²) >= 11 is 0. The van der Waals surface area contributed by atoms with E-state index in [0.717, 1.165) is 16.9 Å². The molecule has 25 heavy (non-hydrogen) atoms. The van der Waals surface area contributed by atoms with Gasteiger partial charge in [0.25, 0.3) is 0 Å². The van der Waals surface area contributed by atoms with Crippen LogP contribution in [0.3, 0.4) is 0 Å². The molecule has 2 aromatic rings. The van der Waals surface area contributed by atoms with Gasteiger partial charge in [-0.05, 0) is 49.7 Å². The molecule has 132 valence electrons. The molecule has 0 aliphatic carbocycles. The molecule has 2 rings (SSSR count). The van der Waals surface area contributed by atoms with Gasteiger partial charge in [0.1, 0.15) is 12.6 Å². The second-order valence-corrected chi connectivity index (χ2v) is 5.73. The zero-order valence-electron chi connectivity index (χ0n) is 14.6. The van der Waals surface area contributed by atoms with Gasteiger partial charge in [-0.2, -0.15) is 0 Å². The van der Waals surface area contributed by atoms with Crippen molar-refractivity contribution in [2.45, 2.75) is 19.9 Å². The van der Waals surface area contributed by atoms with E-state index < -0.39 is 6.04 Å². The minimum absolute atomic E-state index is 0.0100. The van der Waals surface area contributed by atoms with Crippen LogP contribution >= 0.6 is 0 Å². The van der Waals surface area contributed by atoms with Gasteiger partial charge >= 0.3 is 0 Å². The number of carbonyl (C=O) groups excluding carboxylic acids is 2. The zero-order valence-corrected chi connectivity index (χ0v) is 14.6. The van der Waals surface area contributed by atoms with Crippen LogP contribution in [0, 0.1) is 6.92 Å². The monoisotopic (exact) mass is 341 g/mol. The number of methoxy groups -OCH3 is 1. The Bertz CT molecular complexity index is 729. The first-order chi connectivity index (χ1) is 12.0. The Balaban J connectivity index is 1.91. The Morgan fingerprint density at radius 2 is 1.64 bits per heavy atom. The molecule has 1 atom stereocenters. The smallest absolute Gasteiger partial charge is 0.250 e. The molecule has 6 nitrogen and oxygen atoms in total. The third-order valence-corrected chi connectivity index (χ3v) is 3.62. The average molecular weight is 341 g/mol. The summed E-state index contributed by atoms with van der Waals surface area (Å²) in [5.41, 5.74) is 3.28. The number of carbonyl (C=O) groups is 2. The number of rotatable bonds is 7. The number of anilines is 3. The Labute approximate surface area is 147 Å². The van der Waals surface area contributed by atoms with Crippen molar-refractivity contribution in [3.63, 3.8) is 0 Å². The third kappa shape index (κ3) is 5.61. The molecular formula is C19H23N3O3.